The molecular weight excluding hydrogens is 344 g/mol. The molecule has 0 unspecified atom stereocenters. The zero-order valence-corrected chi connectivity index (χ0v) is 13.6. The van der Waals surface area contributed by atoms with E-state index < -0.39 is 5.76 Å². The second-order valence-corrected chi connectivity index (χ2v) is 5.68. The van der Waals surface area contributed by atoms with Gasteiger partial charge in [0, 0.05) is 16.1 Å². The van der Waals surface area contributed by atoms with Crippen LogP contribution in [0.3, 0.4) is 0 Å². The summed E-state index contributed by atoms with van der Waals surface area (Å²) < 4.78 is 11.4. The third kappa shape index (κ3) is 3.09. The Kier molecular flexibility index (Phi) is 3.91. The van der Waals surface area contributed by atoms with E-state index in [2.05, 4.69) is 15.3 Å². The Morgan fingerprint density at radius 3 is 2.56 bits per heavy atom. The Balaban J connectivity index is 1.66. The zero-order chi connectivity index (χ0) is 17.2. The van der Waals surface area contributed by atoms with E-state index in [1.54, 1.807) is 18.2 Å². The number of rotatable bonds is 4. The SMILES string of the molecule is O=c1onc(-c2ccccc2)n1Cc1nc(-c2cccc(Cl)c2)no1. The molecule has 0 spiro atoms. The highest BCUT2D eigenvalue weighted by atomic mass is 35.5. The predicted octanol–water partition coefficient (Wildman–Crippen LogP) is 3.26. The molecule has 2 heterocycles. The molecule has 7 nitrogen and oxygen atoms in total. The zero-order valence-electron chi connectivity index (χ0n) is 12.8. The van der Waals surface area contributed by atoms with Crippen molar-refractivity contribution >= 4 is 11.6 Å². The maximum Gasteiger partial charge on any atom is 0.442 e. The molecule has 124 valence electrons. The largest absolute Gasteiger partial charge is 0.442 e. The minimum atomic E-state index is -0.596. The van der Waals surface area contributed by atoms with E-state index in [1.807, 2.05) is 36.4 Å². The van der Waals surface area contributed by atoms with Crippen LogP contribution in [0.2, 0.25) is 5.02 Å². The van der Waals surface area contributed by atoms with E-state index >= 15 is 0 Å². The van der Waals surface area contributed by atoms with Gasteiger partial charge in [-0.15, -0.1) is 0 Å². The summed E-state index contributed by atoms with van der Waals surface area (Å²) in [4.78, 5) is 16.3. The second-order valence-electron chi connectivity index (χ2n) is 5.25. The van der Waals surface area contributed by atoms with Gasteiger partial charge < -0.3 is 4.52 Å². The summed E-state index contributed by atoms with van der Waals surface area (Å²) in [5.74, 6) is 0.454. The van der Waals surface area contributed by atoms with Crippen LogP contribution >= 0.6 is 11.6 Å². The van der Waals surface area contributed by atoms with Crippen LogP contribution in [-0.2, 0) is 6.54 Å². The number of nitrogens with zero attached hydrogens (tertiary/aromatic N) is 4. The van der Waals surface area contributed by atoms with Crippen LogP contribution in [0.15, 0.2) is 68.4 Å². The number of aromatic nitrogens is 4. The summed E-state index contributed by atoms with van der Waals surface area (Å²) in [6.45, 7) is 0.0557. The fourth-order valence-electron chi connectivity index (χ4n) is 2.40. The molecule has 0 amide bonds. The highest BCUT2D eigenvalue weighted by Gasteiger charge is 2.16. The summed E-state index contributed by atoms with van der Waals surface area (Å²) in [5.41, 5.74) is 1.48. The Morgan fingerprint density at radius 1 is 0.960 bits per heavy atom. The number of halogens is 1. The normalized spacial score (nSPS) is 10.9. The second kappa shape index (κ2) is 6.37. The lowest BCUT2D eigenvalue weighted by Crippen LogP contribution is -2.16. The molecule has 0 radical (unpaired) electrons. The van der Waals surface area contributed by atoms with Gasteiger partial charge >= 0.3 is 5.76 Å². The molecule has 8 heteroatoms. The topological polar surface area (TPSA) is 87.0 Å². The van der Waals surface area contributed by atoms with Gasteiger partial charge in [0.15, 0.2) is 5.82 Å². The molecule has 0 aliphatic carbocycles. The third-order valence-electron chi connectivity index (χ3n) is 3.56. The van der Waals surface area contributed by atoms with Crippen LogP contribution in [-0.4, -0.2) is 19.9 Å². The van der Waals surface area contributed by atoms with Gasteiger partial charge in [0.25, 0.3) is 0 Å². The molecule has 0 N–H and O–H groups in total. The van der Waals surface area contributed by atoms with Gasteiger partial charge in [-0.2, -0.15) is 4.98 Å². The smallest absolute Gasteiger partial charge is 0.337 e. The van der Waals surface area contributed by atoms with Crippen molar-refractivity contribution in [1.82, 2.24) is 19.9 Å². The minimum absolute atomic E-state index is 0.0557. The van der Waals surface area contributed by atoms with Gasteiger partial charge in [-0.3, -0.25) is 4.52 Å². The van der Waals surface area contributed by atoms with Crippen LogP contribution in [0, 0.1) is 0 Å². The van der Waals surface area contributed by atoms with Crippen molar-refractivity contribution in [3.05, 3.63) is 76.1 Å². The van der Waals surface area contributed by atoms with Crippen molar-refractivity contribution in [3.8, 4) is 22.8 Å². The van der Waals surface area contributed by atoms with E-state index in [4.69, 9.17) is 20.6 Å². The average molecular weight is 355 g/mol. The van der Waals surface area contributed by atoms with Crippen molar-refractivity contribution in [2.75, 3.05) is 0 Å². The Labute approximate surface area is 146 Å². The maximum atomic E-state index is 12.0. The van der Waals surface area contributed by atoms with Crippen molar-refractivity contribution in [1.29, 1.82) is 0 Å². The van der Waals surface area contributed by atoms with Crippen LogP contribution in [0.25, 0.3) is 22.8 Å². The molecule has 2 aromatic carbocycles. The Bertz CT molecular complexity index is 1070. The van der Waals surface area contributed by atoms with Crippen LogP contribution < -0.4 is 5.76 Å². The molecular formula is C17H11ClN4O3. The van der Waals surface area contributed by atoms with Crippen LogP contribution in [0.1, 0.15) is 5.89 Å². The fourth-order valence-corrected chi connectivity index (χ4v) is 2.59. The van der Waals surface area contributed by atoms with Gasteiger partial charge in [-0.1, -0.05) is 64.4 Å². The first-order chi connectivity index (χ1) is 12.2. The first-order valence-corrected chi connectivity index (χ1v) is 7.79. The number of benzene rings is 2. The van der Waals surface area contributed by atoms with Crippen molar-refractivity contribution in [2.24, 2.45) is 0 Å². The molecule has 4 aromatic rings. The lowest BCUT2D eigenvalue weighted by atomic mass is 10.2. The molecule has 0 atom stereocenters. The van der Waals surface area contributed by atoms with E-state index in [1.165, 1.54) is 4.57 Å². The molecule has 0 aliphatic rings. The Hall–Kier alpha value is -3.19. The molecule has 0 bridgehead atoms. The number of hydrogen-bond acceptors (Lipinski definition) is 6. The van der Waals surface area contributed by atoms with E-state index in [9.17, 15) is 4.79 Å². The Morgan fingerprint density at radius 2 is 1.76 bits per heavy atom. The van der Waals surface area contributed by atoms with E-state index in [0.29, 0.717) is 16.7 Å². The molecule has 0 fully saturated rings. The monoisotopic (exact) mass is 354 g/mol. The minimum Gasteiger partial charge on any atom is -0.337 e. The maximum absolute atomic E-state index is 12.0. The van der Waals surface area contributed by atoms with Gasteiger partial charge in [0.2, 0.25) is 11.7 Å². The first kappa shape index (κ1) is 15.3. The van der Waals surface area contributed by atoms with Crippen LogP contribution in [0.4, 0.5) is 0 Å². The highest BCUT2D eigenvalue weighted by Crippen LogP contribution is 2.21. The molecule has 0 aliphatic heterocycles. The molecule has 25 heavy (non-hydrogen) atoms. The van der Waals surface area contributed by atoms with Crippen LogP contribution in [0.5, 0.6) is 0 Å². The fraction of sp³-hybridized carbons (Fsp3) is 0.0588. The lowest BCUT2D eigenvalue weighted by molar-refractivity contribution is 0.354. The third-order valence-corrected chi connectivity index (χ3v) is 3.80. The summed E-state index contributed by atoms with van der Waals surface area (Å²) in [7, 11) is 0. The molecule has 4 rings (SSSR count). The molecule has 0 saturated carbocycles. The standard InChI is InChI=1S/C17H11ClN4O3/c18-13-8-4-7-12(9-13)15-19-14(24-20-15)10-22-16(21-25-17(22)23)11-5-2-1-3-6-11/h1-9H,10H2. The van der Waals surface area contributed by atoms with Gasteiger partial charge in [-0.25, -0.2) is 9.36 Å². The average Bonchev–Trinajstić information content (AvgIpc) is 3.24. The summed E-state index contributed by atoms with van der Waals surface area (Å²) in [6.07, 6.45) is 0. The van der Waals surface area contributed by atoms with Crippen molar-refractivity contribution < 1.29 is 9.05 Å². The van der Waals surface area contributed by atoms with Gasteiger partial charge in [0.05, 0.1) is 0 Å². The lowest BCUT2D eigenvalue weighted by Gasteiger charge is -2.00. The van der Waals surface area contributed by atoms with Gasteiger partial charge in [0.1, 0.15) is 6.54 Å². The highest BCUT2D eigenvalue weighted by molar-refractivity contribution is 6.30. The van der Waals surface area contributed by atoms with Gasteiger partial charge in [-0.05, 0) is 12.1 Å². The van der Waals surface area contributed by atoms with E-state index in [-0.39, 0.29) is 12.4 Å². The molecule has 0 saturated heterocycles. The number of hydrogen-bond donors (Lipinski definition) is 0. The predicted molar refractivity (Wildman–Crippen MR) is 90.0 cm³/mol. The van der Waals surface area contributed by atoms with E-state index in [0.717, 1.165) is 11.1 Å². The summed E-state index contributed by atoms with van der Waals surface area (Å²) >= 11 is 5.97. The summed E-state index contributed by atoms with van der Waals surface area (Å²) in [6, 6.07) is 16.4. The van der Waals surface area contributed by atoms with Crippen molar-refractivity contribution in [3.63, 3.8) is 0 Å². The summed E-state index contributed by atoms with van der Waals surface area (Å²) in [5, 5.41) is 8.33. The molecule has 2 aromatic heterocycles. The quantitative estimate of drug-likeness (QED) is 0.559. The first-order valence-electron chi connectivity index (χ1n) is 7.41. The van der Waals surface area contributed by atoms with Crippen molar-refractivity contribution in [2.45, 2.75) is 6.54 Å².